The molecule has 0 saturated heterocycles. The van der Waals surface area contributed by atoms with Crippen molar-refractivity contribution in [3.8, 4) is 0 Å². The average molecular weight is 401 g/mol. The summed E-state index contributed by atoms with van der Waals surface area (Å²) in [6.45, 7) is 15.4. The van der Waals surface area contributed by atoms with Gasteiger partial charge in [-0.05, 0) is 110 Å². The summed E-state index contributed by atoms with van der Waals surface area (Å²) in [7, 11) is 0. The molecule has 168 valence electrons. The van der Waals surface area contributed by atoms with Gasteiger partial charge in [-0.1, -0.05) is 73.6 Å². The third-order valence-corrected chi connectivity index (χ3v) is 11.7. The number of unbranched alkanes of at least 4 members (excludes halogenated alkanes) is 2. The number of rotatable bonds is 7. The summed E-state index contributed by atoms with van der Waals surface area (Å²) in [6.07, 6.45) is 19.8. The van der Waals surface area contributed by atoms with Crippen LogP contribution in [0.2, 0.25) is 0 Å². The number of hydrogen-bond acceptors (Lipinski definition) is 0. The first kappa shape index (κ1) is 22.2. The first-order valence-electron chi connectivity index (χ1n) is 13.9. The van der Waals surface area contributed by atoms with E-state index in [4.69, 9.17) is 0 Å². The van der Waals surface area contributed by atoms with Crippen molar-refractivity contribution in [1.82, 2.24) is 0 Å². The first-order chi connectivity index (χ1) is 13.9. The van der Waals surface area contributed by atoms with E-state index in [1.165, 1.54) is 44.9 Å². The van der Waals surface area contributed by atoms with Gasteiger partial charge in [-0.2, -0.15) is 0 Å². The van der Waals surface area contributed by atoms with Crippen LogP contribution in [0.1, 0.15) is 125 Å². The highest BCUT2D eigenvalue weighted by atomic mass is 14.7. The molecule has 0 amide bonds. The van der Waals surface area contributed by atoms with Crippen LogP contribution in [0.5, 0.6) is 0 Å². The molecule has 4 fully saturated rings. The highest BCUT2D eigenvalue weighted by Crippen LogP contribution is 2.76. The Kier molecular flexibility index (Phi) is 6.51. The second-order valence-corrected chi connectivity index (χ2v) is 12.8. The summed E-state index contributed by atoms with van der Waals surface area (Å²) in [5, 5.41) is 0. The van der Waals surface area contributed by atoms with Crippen LogP contribution in [-0.2, 0) is 0 Å². The molecule has 0 heteroatoms. The molecule has 1 spiro atoms. The predicted octanol–water partition coefficient (Wildman–Crippen LogP) is 9.13. The van der Waals surface area contributed by atoms with Crippen molar-refractivity contribution >= 4 is 0 Å². The van der Waals surface area contributed by atoms with Gasteiger partial charge in [0.2, 0.25) is 0 Å². The third-order valence-electron chi connectivity index (χ3n) is 11.7. The second-order valence-electron chi connectivity index (χ2n) is 12.8. The van der Waals surface area contributed by atoms with Gasteiger partial charge in [0.15, 0.2) is 0 Å². The van der Waals surface area contributed by atoms with E-state index in [2.05, 4.69) is 41.5 Å². The molecule has 4 aliphatic carbocycles. The Labute approximate surface area is 183 Å². The number of hydrogen-bond donors (Lipinski definition) is 0. The molecular formula is C29H52. The van der Waals surface area contributed by atoms with E-state index in [1.807, 2.05) is 0 Å². The van der Waals surface area contributed by atoms with Crippen LogP contribution >= 0.6 is 0 Å². The molecule has 0 aromatic heterocycles. The van der Waals surface area contributed by atoms with E-state index in [1.54, 1.807) is 38.5 Å². The van der Waals surface area contributed by atoms with Crippen molar-refractivity contribution in [1.29, 1.82) is 0 Å². The largest absolute Gasteiger partial charge is 0.0654 e. The lowest BCUT2D eigenvalue weighted by Crippen LogP contribution is -2.58. The zero-order valence-corrected chi connectivity index (χ0v) is 20.8. The van der Waals surface area contributed by atoms with Crippen molar-refractivity contribution < 1.29 is 0 Å². The molecule has 29 heavy (non-hydrogen) atoms. The fraction of sp³-hybridized carbons (Fsp3) is 1.00. The van der Waals surface area contributed by atoms with Crippen LogP contribution in [0.3, 0.4) is 0 Å². The van der Waals surface area contributed by atoms with E-state index in [9.17, 15) is 0 Å². The quantitative estimate of drug-likeness (QED) is 0.374. The summed E-state index contributed by atoms with van der Waals surface area (Å²) in [6, 6.07) is 0. The molecule has 4 aliphatic rings. The Balaban J connectivity index is 1.62. The van der Waals surface area contributed by atoms with Crippen molar-refractivity contribution in [3.63, 3.8) is 0 Å². The van der Waals surface area contributed by atoms with E-state index in [0.29, 0.717) is 5.41 Å². The summed E-state index contributed by atoms with van der Waals surface area (Å²) in [5.41, 5.74) is 1.45. The van der Waals surface area contributed by atoms with Crippen LogP contribution < -0.4 is 0 Å². The summed E-state index contributed by atoms with van der Waals surface area (Å²) < 4.78 is 0. The molecule has 4 rings (SSSR count). The van der Waals surface area contributed by atoms with E-state index >= 15 is 0 Å². The minimum absolute atomic E-state index is 0.714. The fourth-order valence-electron chi connectivity index (χ4n) is 10.1. The highest BCUT2D eigenvalue weighted by Gasteiger charge is 2.69. The topological polar surface area (TPSA) is 0 Å². The lowest BCUT2D eigenvalue weighted by atomic mass is 9.40. The Bertz CT molecular complexity index is 550. The fourth-order valence-corrected chi connectivity index (χ4v) is 10.1. The van der Waals surface area contributed by atoms with E-state index in [-0.39, 0.29) is 0 Å². The monoisotopic (exact) mass is 400 g/mol. The van der Waals surface area contributed by atoms with Crippen molar-refractivity contribution in [2.75, 3.05) is 0 Å². The maximum absolute atomic E-state index is 2.75. The van der Waals surface area contributed by atoms with E-state index < -0.39 is 0 Å². The molecule has 0 aliphatic heterocycles. The first-order valence-corrected chi connectivity index (χ1v) is 13.9. The van der Waals surface area contributed by atoms with Gasteiger partial charge in [0, 0.05) is 0 Å². The highest BCUT2D eigenvalue weighted by molar-refractivity contribution is 5.18. The Hall–Kier alpha value is 0. The Morgan fingerprint density at radius 1 is 0.931 bits per heavy atom. The van der Waals surface area contributed by atoms with Gasteiger partial charge in [0.1, 0.15) is 0 Å². The van der Waals surface area contributed by atoms with Gasteiger partial charge in [-0.15, -0.1) is 0 Å². The minimum atomic E-state index is 0.714. The summed E-state index contributed by atoms with van der Waals surface area (Å²) >= 11 is 0. The molecule has 0 nitrogen and oxygen atoms in total. The van der Waals surface area contributed by atoms with Crippen LogP contribution in [0.15, 0.2) is 0 Å². The molecule has 0 heterocycles. The molecular weight excluding hydrogens is 348 g/mol. The van der Waals surface area contributed by atoms with E-state index in [0.717, 1.165) is 52.8 Å². The van der Waals surface area contributed by atoms with Crippen molar-refractivity contribution in [3.05, 3.63) is 0 Å². The predicted molar refractivity (Wildman–Crippen MR) is 127 cm³/mol. The van der Waals surface area contributed by atoms with Gasteiger partial charge in [-0.25, -0.2) is 0 Å². The smallest absolute Gasteiger partial charge is 0.0204 e. The third kappa shape index (κ3) is 3.46. The van der Waals surface area contributed by atoms with Gasteiger partial charge in [0.25, 0.3) is 0 Å². The van der Waals surface area contributed by atoms with Crippen LogP contribution in [0, 0.1) is 58.2 Å². The standard InChI is InChI=1S/C29H52/c1-7-9-10-11-24-18-22(5)28-13-12-26-21(4)17-25(16-20(3)8-2)23(6)29(26,15-14-28)27(28)19-24/h20-27H,7-19H2,1-6H3. The molecule has 10 atom stereocenters. The molecule has 0 aromatic carbocycles. The summed E-state index contributed by atoms with van der Waals surface area (Å²) in [4.78, 5) is 0. The van der Waals surface area contributed by atoms with Gasteiger partial charge >= 0.3 is 0 Å². The summed E-state index contributed by atoms with van der Waals surface area (Å²) in [5.74, 6) is 8.03. The maximum Gasteiger partial charge on any atom is -0.0204 e. The molecule has 4 saturated carbocycles. The Morgan fingerprint density at radius 2 is 1.72 bits per heavy atom. The second kappa shape index (κ2) is 8.50. The van der Waals surface area contributed by atoms with Gasteiger partial charge in [0.05, 0.1) is 0 Å². The molecule has 2 bridgehead atoms. The lowest BCUT2D eigenvalue weighted by molar-refractivity contribution is -0.160. The average Bonchev–Trinajstić information content (AvgIpc) is 2.91. The lowest BCUT2D eigenvalue weighted by Gasteiger charge is -2.64. The van der Waals surface area contributed by atoms with Crippen LogP contribution in [-0.4, -0.2) is 0 Å². The minimum Gasteiger partial charge on any atom is -0.0654 e. The SMILES string of the molecule is CCCCCC1CC(C)C23CCC4C(C)CC(CC(C)CC)C(C)C4(CC2)C3C1. The molecule has 10 unspecified atom stereocenters. The zero-order chi connectivity index (χ0) is 20.8. The van der Waals surface area contributed by atoms with Crippen molar-refractivity contribution in [2.45, 2.75) is 125 Å². The molecule has 0 radical (unpaired) electrons. The molecule has 0 aromatic rings. The van der Waals surface area contributed by atoms with Crippen molar-refractivity contribution in [2.24, 2.45) is 58.2 Å². The Morgan fingerprint density at radius 3 is 2.45 bits per heavy atom. The maximum atomic E-state index is 2.75. The van der Waals surface area contributed by atoms with Crippen LogP contribution in [0.4, 0.5) is 0 Å². The normalized spacial score (nSPS) is 50.1. The zero-order valence-electron chi connectivity index (χ0n) is 20.8. The van der Waals surface area contributed by atoms with Crippen LogP contribution in [0.25, 0.3) is 0 Å². The van der Waals surface area contributed by atoms with Gasteiger partial charge in [-0.3, -0.25) is 0 Å². The van der Waals surface area contributed by atoms with Gasteiger partial charge < -0.3 is 0 Å². The molecule has 0 N–H and O–H groups in total.